The zero-order valence-corrected chi connectivity index (χ0v) is 12.0. The molecular formula is C15H23NO3. The summed E-state index contributed by atoms with van der Waals surface area (Å²) in [5, 5.41) is 0. The number of likely N-dealkylation sites (tertiary alicyclic amines) is 1. The number of ether oxygens (including phenoxy) is 1. The van der Waals surface area contributed by atoms with Crippen LogP contribution in [0.3, 0.4) is 0 Å². The molecule has 19 heavy (non-hydrogen) atoms. The molecule has 0 N–H and O–H groups in total. The van der Waals surface area contributed by atoms with Crippen LogP contribution in [0.25, 0.3) is 0 Å². The number of hydrogen-bond donors (Lipinski definition) is 0. The van der Waals surface area contributed by atoms with Gasteiger partial charge in [0, 0.05) is 19.5 Å². The first-order valence-electron chi connectivity index (χ1n) is 6.56. The Bertz CT molecular complexity index is 352. The molecule has 0 spiro atoms. The van der Waals surface area contributed by atoms with Crippen molar-refractivity contribution < 1.29 is 14.3 Å². The van der Waals surface area contributed by atoms with Gasteiger partial charge in [0.2, 0.25) is 5.91 Å². The molecule has 1 aromatic rings. The molecule has 0 radical (unpaired) electrons. The van der Waals surface area contributed by atoms with Gasteiger partial charge in [0.25, 0.3) is 6.47 Å². The summed E-state index contributed by atoms with van der Waals surface area (Å²) in [4.78, 5) is 22.2. The molecule has 0 aromatic heterocycles. The van der Waals surface area contributed by atoms with E-state index in [4.69, 9.17) is 4.79 Å². The first kappa shape index (κ1) is 17.2. The van der Waals surface area contributed by atoms with Crippen LogP contribution in [0.2, 0.25) is 0 Å². The number of rotatable bonds is 3. The highest BCUT2D eigenvalue weighted by Gasteiger charge is 2.19. The number of hydrogen-bond acceptors (Lipinski definition) is 3. The van der Waals surface area contributed by atoms with Crippen molar-refractivity contribution in [3.63, 3.8) is 0 Å². The lowest BCUT2D eigenvalue weighted by atomic mass is 10.2. The molecule has 1 heterocycles. The van der Waals surface area contributed by atoms with Crippen LogP contribution in [0, 0.1) is 0 Å². The number of amides is 1. The molecule has 1 aliphatic rings. The Kier molecular flexibility index (Phi) is 10.2. The highest BCUT2D eigenvalue weighted by molar-refractivity contribution is 5.78. The van der Waals surface area contributed by atoms with Crippen molar-refractivity contribution in [1.82, 2.24) is 4.90 Å². The average molecular weight is 265 g/mol. The Labute approximate surface area is 115 Å². The molecule has 0 bridgehead atoms. The van der Waals surface area contributed by atoms with E-state index in [1.807, 2.05) is 36.9 Å². The normalized spacial score (nSPS) is 12.8. The Hall–Kier alpha value is -1.84. The fraction of sp³-hybridized carbons (Fsp3) is 0.467. The maximum absolute atomic E-state index is 11.3. The van der Waals surface area contributed by atoms with Crippen molar-refractivity contribution in [2.75, 3.05) is 13.7 Å². The quantitative estimate of drug-likeness (QED) is 0.789. The first-order chi connectivity index (χ1) is 9.27. The molecule has 4 nitrogen and oxygen atoms in total. The van der Waals surface area contributed by atoms with Crippen LogP contribution in [0.15, 0.2) is 30.3 Å². The van der Waals surface area contributed by atoms with Gasteiger partial charge in [0.15, 0.2) is 0 Å². The smallest absolute Gasteiger partial charge is 0.292 e. The Morgan fingerprint density at radius 1 is 1.26 bits per heavy atom. The Balaban J connectivity index is 0.000000467. The summed E-state index contributed by atoms with van der Waals surface area (Å²) >= 11 is 0. The van der Waals surface area contributed by atoms with Crippen molar-refractivity contribution in [3.05, 3.63) is 35.9 Å². The molecule has 1 aliphatic heterocycles. The largest absolute Gasteiger partial charge is 0.471 e. The van der Waals surface area contributed by atoms with Crippen LogP contribution < -0.4 is 0 Å². The SMILES string of the molecule is CC.COC=O.O=C1CCCN1Cc1ccccc1. The van der Waals surface area contributed by atoms with Crippen molar-refractivity contribution >= 4 is 12.4 Å². The molecule has 1 saturated heterocycles. The third-order valence-corrected chi connectivity index (χ3v) is 2.48. The second kappa shape index (κ2) is 11.3. The molecule has 0 unspecified atom stereocenters. The van der Waals surface area contributed by atoms with Crippen LogP contribution in [0.4, 0.5) is 0 Å². The molecule has 0 saturated carbocycles. The van der Waals surface area contributed by atoms with Crippen LogP contribution in [-0.2, 0) is 20.9 Å². The number of carbonyl (C=O) groups is 2. The van der Waals surface area contributed by atoms with E-state index in [0.717, 1.165) is 25.9 Å². The van der Waals surface area contributed by atoms with Crippen molar-refractivity contribution in [2.45, 2.75) is 33.2 Å². The molecule has 4 heteroatoms. The maximum atomic E-state index is 11.3. The lowest BCUT2D eigenvalue weighted by Crippen LogP contribution is -2.23. The van der Waals surface area contributed by atoms with Crippen LogP contribution in [-0.4, -0.2) is 30.9 Å². The number of carbonyl (C=O) groups excluding carboxylic acids is 2. The molecule has 0 aliphatic carbocycles. The fourth-order valence-corrected chi connectivity index (χ4v) is 1.67. The van der Waals surface area contributed by atoms with Crippen LogP contribution in [0.5, 0.6) is 0 Å². The fourth-order valence-electron chi connectivity index (χ4n) is 1.67. The number of methoxy groups -OCH3 is 1. The van der Waals surface area contributed by atoms with Crippen LogP contribution >= 0.6 is 0 Å². The molecule has 106 valence electrons. The predicted molar refractivity (Wildman–Crippen MR) is 75.5 cm³/mol. The van der Waals surface area contributed by atoms with E-state index in [-0.39, 0.29) is 0 Å². The molecular weight excluding hydrogens is 242 g/mol. The lowest BCUT2D eigenvalue weighted by molar-refractivity contribution is -0.128. The van der Waals surface area contributed by atoms with Crippen molar-refractivity contribution in [1.29, 1.82) is 0 Å². The third-order valence-electron chi connectivity index (χ3n) is 2.48. The van der Waals surface area contributed by atoms with Crippen molar-refractivity contribution in [2.24, 2.45) is 0 Å². The summed E-state index contributed by atoms with van der Waals surface area (Å²) in [6.45, 7) is 6.08. The Morgan fingerprint density at radius 2 is 1.84 bits per heavy atom. The summed E-state index contributed by atoms with van der Waals surface area (Å²) in [5.41, 5.74) is 1.22. The zero-order chi connectivity index (χ0) is 14.5. The summed E-state index contributed by atoms with van der Waals surface area (Å²) in [6, 6.07) is 10.1. The van der Waals surface area contributed by atoms with E-state index in [9.17, 15) is 4.79 Å². The summed E-state index contributed by atoms with van der Waals surface area (Å²) in [6.07, 6.45) is 1.75. The molecule has 1 aromatic carbocycles. The minimum Gasteiger partial charge on any atom is -0.471 e. The van der Waals surface area contributed by atoms with E-state index in [1.165, 1.54) is 12.7 Å². The van der Waals surface area contributed by atoms with Crippen LogP contribution in [0.1, 0.15) is 32.3 Å². The molecule has 1 fully saturated rings. The van der Waals surface area contributed by atoms with Crippen molar-refractivity contribution in [3.8, 4) is 0 Å². The van der Waals surface area contributed by atoms with E-state index < -0.39 is 0 Å². The van der Waals surface area contributed by atoms with E-state index in [2.05, 4.69) is 16.9 Å². The molecule has 0 atom stereocenters. The van der Waals surface area contributed by atoms with Gasteiger partial charge in [0.05, 0.1) is 7.11 Å². The summed E-state index contributed by atoms with van der Waals surface area (Å²) in [7, 11) is 1.31. The van der Waals surface area contributed by atoms with Gasteiger partial charge in [-0.15, -0.1) is 0 Å². The number of nitrogens with zero attached hydrogens (tertiary/aromatic N) is 1. The second-order valence-corrected chi connectivity index (χ2v) is 3.74. The summed E-state index contributed by atoms with van der Waals surface area (Å²) < 4.78 is 3.86. The maximum Gasteiger partial charge on any atom is 0.292 e. The van der Waals surface area contributed by atoms with Gasteiger partial charge in [-0.3, -0.25) is 9.59 Å². The first-order valence-corrected chi connectivity index (χ1v) is 6.56. The third kappa shape index (κ3) is 7.24. The molecule has 1 amide bonds. The highest BCUT2D eigenvalue weighted by atomic mass is 16.5. The average Bonchev–Trinajstić information content (AvgIpc) is 2.88. The van der Waals surface area contributed by atoms with E-state index in [0.29, 0.717) is 12.4 Å². The van der Waals surface area contributed by atoms with Gasteiger partial charge < -0.3 is 9.64 Å². The lowest BCUT2D eigenvalue weighted by Gasteiger charge is -2.14. The predicted octanol–water partition coefficient (Wildman–Crippen LogP) is 2.62. The Morgan fingerprint density at radius 3 is 2.26 bits per heavy atom. The van der Waals surface area contributed by atoms with Gasteiger partial charge >= 0.3 is 0 Å². The van der Waals surface area contributed by atoms with E-state index >= 15 is 0 Å². The molecule has 2 rings (SSSR count). The standard InChI is InChI=1S/C11H13NO.C2H4O2.C2H6/c13-11-7-4-8-12(11)9-10-5-2-1-3-6-10;1-4-2-3;1-2/h1-3,5-6H,4,7-9H2;2H,1H3;1-2H3. The van der Waals surface area contributed by atoms with E-state index in [1.54, 1.807) is 0 Å². The minimum atomic E-state index is 0.295. The topological polar surface area (TPSA) is 46.6 Å². The van der Waals surface area contributed by atoms with Gasteiger partial charge in [-0.1, -0.05) is 44.2 Å². The van der Waals surface area contributed by atoms with Gasteiger partial charge in [-0.05, 0) is 12.0 Å². The van der Waals surface area contributed by atoms with Gasteiger partial charge in [-0.2, -0.15) is 0 Å². The summed E-state index contributed by atoms with van der Waals surface area (Å²) in [5.74, 6) is 0.295. The minimum absolute atomic E-state index is 0.295. The van der Waals surface area contributed by atoms with Gasteiger partial charge in [-0.25, -0.2) is 0 Å². The zero-order valence-electron chi connectivity index (χ0n) is 12.0. The second-order valence-electron chi connectivity index (χ2n) is 3.74. The number of benzene rings is 1. The monoisotopic (exact) mass is 265 g/mol. The highest BCUT2D eigenvalue weighted by Crippen LogP contribution is 2.13. The van der Waals surface area contributed by atoms with Gasteiger partial charge in [0.1, 0.15) is 0 Å².